The number of aromatic hydroxyl groups is 1. The molecule has 5 heteroatoms. The first-order valence-electron chi connectivity index (χ1n) is 3.69. The zero-order valence-corrected chi connectivity index (χ0v) is 7.15. The molecular formula is C8H10N2O3. The summed E-state index contributed by atoms with van der Waals surface area (Å²) in [5.41, 5.74) is 3.08. The molecule has 13 heavy (non-hydrogen) atoms. The Morgan fingerprint density at radius 2 is 2.38 bits per heavy atom. The van der Waals surface area contributed by atoms with Crippen LogP contribution in [0.5, 0.6) is 11.5 Å². The number of nitrogens with zero attached hydrogens (tertiary/aromatic N) is 1. The fourth-order valence-electron chi connectivity index (χ4n) is 0.956. The van der Waals surface area contributed by atoms with Crippen LogP contribution in [0.4, 0.5) is 0 Å². The first-order valence-corrected chi connectivity index (χ1v) is 3.69. The van der Waals surface area contributed by atoms with Gasteiger partial charge in [-0.1, -0.05) is 6.07 Å². The molecule has 0 amide bonds. The highest BCUT2D eigenvalue weighted by Gasteiger charge is 2.01. The van der Waals surface area contributed by atoms with E-state index >= 15 is 0 Å². The Kier molecular flexibility index (Phi) is 3.08. The fourth-order valence-corrected chi connectivity index (χ4v) is 0.956. The highest BCUT2D eigenvalue weighted by atomic mass is 16.5. The molecule has 0 saturated heterocycles. The lowest BCUT2D eigenvalue weighted by molar-refractivity contribution is 0.373. The number of nitroso groups, excluding NO2 is 1. The molecule has 70 valence electrons. The van der Waals surface area contributed by atoms with Gasteiger partial charge < -0.3 is 9.84 Å². The van der Waals surface area contributed by atoms with E-state index in [4.69, 9.17) is 4.74 Å². The second-order valence-electron chi connectivity index (χ2n) is 2.43. The van der Waals surface area contributed by atoms with Crippen LogP contribution in [0.1, 0.15) is 5.56 Å². The SMILES string of the molecule is COc1cc(CNN=O)ccc1O. The molecule has 0 fully saturated rings. The van der Waals surface area contributed by atoms with Crippen LogP contribution >= 0.6 is 0 Å². The maximum absolute atomic E-state index is 9.76. The van der Waals surface area contributed by atoms with Crippen LogP contribution in [-0.2, 0) is 6.54 Å². The third kappa shape index (κ3) is 2.33. The van der Waals surface area contributed by atoms with Crippen LogP contribution in [0.3, 0.4) is 0 Å². The number of nitrogens with one attached hydrogen (secondary N) is 1. The van der Waals surface area contributed by atoms with Crippen LogP contribution in [0.2, 0.25) is 0 Å². The van der Waals surface area contributed by atoms with Gasteiger partial charge in [-0.2, -0.15) is 0 Å². The normalized spacial score (nSPS) is 9.31. The van der Waals surface area contributed by atoms with Gasteiger partial charge in [-0.25, -0.2) is 0 Å². The molecule has 5 nitrogen and oxygen atoms in total. The Morgan fingerprint density at radius 3 is 3.00 bits per heavy atom. The van der Waals surface area contributed by atoms with Gasteiger partial charge >= 0.3 is 0 Å². The molecule has 1 aromatic rings. The van der Waals surface area contributed by atoms with Gasteiger partial charge in [0.2, 0.25) is 0 Å². The number of phenolic OH excluding ortho intramolecular Hbond substituents is 1. The Bertz CT molecular complexity index is 301. The van der Waals surface area contributed by atoms with Crippen molar-refractivity contribution < 1.29 is 9.84 Å². The van der Waals surface area contributed by atoms with Crippen molar-refractivity contribution >= 4 is 0 Å². The smallest absolute Gasteiger partial charge is 0.160 e. The predicted molar refractivity (Wildman–Crippen MR) is 47.3 cm³/mol. The van der Waals surface area contributed by atoms with Crippen molar-refractivity contribution in [3.05, 3.63) is 28.7 Å². The summed E-state index contributed by atoms with van der Waals surface area (Å²) in [7, 11) is 1.46. The lowest BCUT2D eigenvalue weighted by Crippen LogP contribution is -2.03. The van der Waals surface area contributed by atoms with Gasteiger partial charge in [-0.05, 0) is 17.7 Å². The maximum atomic E-state index is 9.76. The lowest BCUT2D eigenvalue weighted by atomic mass is 10.2. The molecule has 0 unspecified atom stereocenters. The molecule has 0 aromatic heterocycles. The number of phenols is 1. The van der Waals surface area contributed by atoms with Gasteiger partial charge in [-0.15, -0.1) is 4.91 Å². The second-order valence-corrected chi connectivity index (χ2v) is 2.43. The van der Waals surface area contributed by atoms with Gasteiger partial charge in [0, 0.05) is 5.29 Å². The number of rotatable bonds is 4. The third-order valence-corrected chi connectivity index (χ3v) is 1.59. The number of ether oxygens (including phenoxy) is 1. The highest BCUT2D eigenvalue weighted by Crippen LogP contribution is 2.25. The number of hydrogen-bond donors (Lipinski definition) is 2. The van der Waals surface area contributed by atoms with Crippen molar-refractivity contribution in [2.45, 2.75) is 6.54 Å². The molecule has 1 aromatic carbocycles. The van der Waals surface area contributed by atoms with Crippen molar-refractivity contribution in [3.63, 3.8) is 0 Å². The third-order valence-electron chi connectivity index (χ3n) is 1.59. The summed E-state index contributed by atoms with van der Waals surface area (Å²) in [4.78, 5) is 9.76. The van der Waals surface area contributed by atoms with Gasteiger partial charge in [0.1, 0.15) is 0 Å². The molecule has 0 spiro atoms. The van der Waals surface area contributed by atoms with E-state index in [1.807, 2.05) is 0 Å². The fraction of sp³-hybridized carbons (Fsp3) is 0.250. The Balaban J connectivity index is 2.79. The summed E-state index contributed by atoms with van der Waals surface area (Å²) in [5, 5.41) is 11.7. The van der Waals surface area contributed by atoms with Crippen molar-refractivity contribution in [2.24, 2.45) is 5.29 Å². The van der Waals surface area contributed by atoms with E-state index in [0.29, 0.717) is 12.3 Å². The summed E-state index contributed by atoms with van der Waals surface area (Å²) in [6.45, 7) is 0.320. The van der Waals surface area contributed by atoms with Gasteiger partial charge in [0.15, 0.2) is 11.5 Å². The molecule has 0 aliphatic heterocycles. The molecular weight excluding hydrogens is 172 g/mol. The van der Waals surface area contributed by atoms with E-state index in [1.54, 1.807) is 12.1 Å². The van der Waals surface area contributed by atoms with Gasteiger partial charge in [0.05, 0.1) is 13.7 Å². The Morgan fingerprint density at radius 1 is 1.62 bits per heavy atom. The Hall–Kier alpha value is -1.78. The highest BCUT2D eigenvalue weighted by molar-refractivity contribution is 5.41. The molecule has 0 bridgehead atoms. The maximum Gasteiger partial charge on any atom is 0.160 e. The number of hydrogen-bond acceptors (Lipinski definition) is 4. The summed E-state index contributed by atoms with van der Waals surface area (Å²) < 4.78 is 4.88. The first kappa shape index (κ1) is 9.31. The molecule has 0 aliphatic carbocycles. The van der Waals surface area contributed by atoms with Crippen LogP contribution in [-0.4, -0.2) is 12.2 Å². The monoisotopic (exact) mass is 182 g/mol. The van der Waals surface area contributed by atoms with E-state index < -0.39 is 0 Å². The van der Waals surface area contributed by atoms with E-state index in [1.165, 1.54) is 13.2 Å². The largest absolute Gasteiger partial charge is 0.504 e. The van der Waals surface area contributed by atoms with E-state index in [2.05, 4.69) is 10.7 Å². The molecule has 0 atom stereocenters. The minimum Gasteiger partial charge on any atom is -0.504 e. The van der Waals surface area contributed by atoms with Crippen LogP contribution in [0.15, 0.2) is 23.5 Å². The zero-order chi connectivity index (χ0) is 9.68. The summed E-state index contributed by atoms with van der Waals surface area (Å²) in [6.07, 6.45) is 0. The average Bonchev–Trinajstić information content (AvgIpc) is 2.16. The molecule has 0 aliphatic rings. The molecule has 1 rings (SSSR count). The second kappa shape index (κ2) is 4.30. The van der Waals surface area contributed by atoms with E-state index in [9.17, 15) is 10.0 Å². The lowest BCUT2D eigenvalue weighted by Gasteiger charge is -2.05. The first-order chi connectivity index (χ1) is 6.27. The standard InChI is InChI=1S/C8H10N2O3/c1-13-8-4-6(5-9-10-12)2-3-7(8)11/h2-4,11H,5H2,1H3,(H,9,12). The van der Waals surface area contributed by atoms with E-state index in [0.717, 1.165) is 5.56 Å². The van der Waals surface area contributed by atoms with E-state index in [-0.39, 0.29) is 5.75 Å². The number of benzene rings is 1. The van der Waals surface area contributed by atoms with Gasteiger partial charge in [0.25, 0.3) is 0 Å². The van der Waals surface area contributed by atoms with Crippen molar-refractivity contribution in [3.8, 4) is 11.5 Å². The van der Waals surface area contributed by atoms with Crippen LogP contribution < -0.4 is 10.2 Å². The van der Waals surface area contributed by atoms with Crippen molar-refractivity contribution in [2.75, 3.05) is 7.11 Å². The zero-order valence-electron chi connectivity index (χ0n) is 7.15. The molecule has 2 N–H and O–H groups in total. The molecule has 0 radical (unpaired) electrons. The van der Waals surface area contributed by atoms with Crippen LogP contribution in [0, 0.1) is 4.91 Å². The number of methoxy groups -OCH3 is 1. The predicted octanol–water partition coefficient (Wildman–Crippen LogP) is 1.17. The van der Waals surface area contributed by atoms with Crippen molar-refractivity contribution in [1.29, 1.82) is 0 Å². The Labute approximate surface area is 75.3 Å². The van der Waals surface area contributed by atoms with Crippen LogP contribution in [0.25, 0.3) is 0 Å². The summed E-state index contributed by atoms with van der Waals surface area (Å²) >= 11 is 0. The summed E-state index contributed by atoms with van der Waals surface area (Å²) in [6, 6.07) is 4.81. The quantitative estimate of drug-likeness (QED) is 0.541. The topological polar surface area (TPSA) is 70.9 Å². The van der Waals surface area contributed by atoms with Gasteiger partial charge in [-0.3, -0.25) is 5.43 Å². The minimum atomic E-state index is 0.0744. The minimum absolute atomic E-state index is 0.0744. The average molecular weight is 182 g/mol. The summed E-state index contributed by atoms with van der Waals surface area (Å²) in [5.74, 6) is 0.454. The van der Waals surface area contributed by atoms with Crippen molar-refractivity contribution in [1.82, 2.24) is 5.43 Å². The molecule has 0 heterocycles. The molecule has 0 saturated carbocycles.